The van der Waals surface area contributed by atoms with Gasteiger partial charge in [-0.05, 0) is 30.0 Å². The summed E-state index contributed by atoms with van der Waals surface area (Å²) in [5.41, 5.74) is 2.32. The minimum absolute atomic E-state index is 0.000440. The van der Waals surface area contributed by atoms with E-state index in [4.69, 9.17) is 10.4 Å². The van der Waals surface area contributed by atoms with Crippen LogP contribution in [0, 0.1) is 11.3 Å². The zero-order chi connectivity index (χ0) is 11.1. The summed E-state index contributed by atoms with van der Waals surface area (Å²) in [5.74, 6) is -0.851. The molecular weight excluding hydrogens is 190 g/mol. The van der Waals surface area contributed by atoms with E-state index in [1.807, 2.05) is 19.1 Å². The van der Waals surface area contributed by atoms with Crippen molar-refractivity contribution in [2.24, 2.45) is 0 Å². The van der Waals surface area contributed by atoms with E-state index in [0.29, 0.717) is 0 Å². The van der Waals surface area contributed by atoms with Gasteiger partial charge in [0.05, 0.1) is 17.9 Å². The van der Waals surface area contributed by atoms with Crippen molar-refractivity contribution in [3.05, 3.63) is 34.9 Å². The molecule has 1 aliphatic carbocycles. The molecule has 0 saturated heterocycles. The number of nitriles is 1. The second-order valence-electron chi connectivity index (χ2n) is 4.14. The molecule has 76 valence electrons. The van der Waals surface area contributed by atoms with Crippen molar-refractivity contribution >= 4 is 5.97 Å². The molecule has 0 fully saturated rings. The fourth-order valence-electron chi connectivity index (χ4n) is 2.28. The number of fused-ring (bicyclic) bond motifs is 1. The SMILES string of the molecule is CC1(C#N)Cc2cccc(CC(=O)O)c21. The van der Waals surface area contributed by atoms with Gasteiger partial charge >= 0.3 is 5.97 Å². The van der Waals surface area contributed by atoms with Crippen LogP contribution in [-0.2, 0) is 23.1 Å². The second-order valence-corrected chi connectivity index (χ2v) is 4.14. The van der Waals surface area contributed by atoms with Crippen LogP contribution in [0.1, 0.15) is 23.6 Å². The maximum absolute atomic E-state index is 10.7. The molecule has 0 aliphatic heterocycles. The molecule has 0 spiro atoms. The summed E-state index contributed by atoms with van der Waals surface area (Å²) in [4.78, 5) is 10.7. The molecule has 0 bridgehead atoms. The smallest absolute Gasteiger partial charge is 0.307 e. The van der Waals surface area contributed by atoms with Gasteiger partial charge in [0.25, 0.3) is 0 Å². The van der Waals surface area contributed by atoms with Gasteiger partial charge in [0.1, 0.15) is 0 Å². The molecule has 0 amide bonds. The van der Waals surface area contributed by atoms with Gasteiger partial charge in [-0.2, -0.15) is 5.26 Å². The molecule has 15 heavy (non-hydrogen) atoms. The van der Waals surface area contributed by atoms with E-state index in [2.05, 4.69) is 6.07 Å². The number of nitrogens with zero attached hydrogens (tertiary/aromatic N) is 1. The number of aliphatic carboxylic acids is 1. The molecule has 3 heteroatoms. The molecule has 1 aliphatic rings. The van der Waals surface area contributed by atoms with E-state index in [1.54, 1.807) is 6.07 Å². The molecule has 1 aromatic rings. The third-order valence-corrected chi connectivity index (χ3v) is 2.92. The van der Waals surface area contributed by atoms with Gasteiger partial charge in [-0.3, -0.25) is 4.79 Å². The molecule has 1 unspecified atom stereocenters. The molecule has 2 rings (SSSR count). The Morgan fingerprint density at radius 1 is 1.67 bits per heavy atom. The van der Waals surface area contributed by atoms with Crippen LogP contribution in [0.3, 0.4) is 0 Å². The highest BCUT2D eigenvalue weighted by Crippen LogP contribution is 2.42. The van der Waals surface area contributed by atoms with E-state index < -0.39 is 11.4 Å². The Labute approximate surface area is 88.0 Å². The summed E-state index contributed by atoms with van der Waals surface area (Å²) >= 11 is 0. The summed E-state index contributed by atoms with van der Waals surface area (Å²) in [6, 6.07) is 7.86. The van der Waals surface area contributed by atoms with Gasteiger partial charge in [0, 0.05) is 0 Å². The Morgan fingerprint density at radius 2 is 2.40 bits per heavy atom. The number of rotatable bonds is 2. The number of hydrogen-bond acceptors (Lipinski definition) is 2. The van der Waals surface area contributed by atoms with Gasteiger partial charge in [0.15, 0.2) is 0 Å². The highest BCUT2D eigenvalue weighted by atomic mass is 16.4. The van der Waals surface area contributed by atoms with Crippen molar-refractivity contribution < 1.29 is 9.90 Å². The lowest BCUT2D eigenvalue weighted by Gasteiger charge is -2.37. The predicted octanol–water partition coefficient (Wildman–Crippen LogP) is 1.65. The minimum atomic E-state index is -0.851. The maximum atomic E-state index is 10.7. The largest absolute Gasteiger partial charge is 0.481 e. The first kappa shape index (κ1) is 9.72. The third-order valence-electron chi connectivity index (χ3n) is 2.92. The van der Waals surface area contributed by atoms with Crippen LogP contribution in [0.5, 0.6) is 0 Å². The van der Waals surface area contributed by atoms with E-state index in [9.17, 15) is 4.79 Å². The topological polar surface area (TPSA) is 61.1 Å². The van der Waals surface area contributed by atoms with Crippen LogP contribution in [0.25, 0.3) is 0 Å². The molecule has 1 aromatic carbocycles. The maximum Gasteiger partial charge on any atom is 0.307 e. The van der Waals surface area contributed by atoms with Crippen LogP contribution < -0.4 is 0 Å². The average molecular weight is 201 g/mol. The quantitative estimate of drug-likeness (QED) is 0.791. The fraction of sp³-hybridized carbons (Fsp3) is 0.333. The normalized spacial score (nSPS) is 22.4. The molecule has 0 heterocycles. The van der Waals surface area contributed by atoms with Gasteiger partial charge in [-0.1, -0.05) is 18.2 Å². The summed E-state index contributed by atoms with van der Waals surface area (Å²) in [6.45, 7) is 1.86. The van der Waals surface area contributed by atoms with Crippen LogP contribution in [-0.4, -0.2) is 11.1 Å². The third kappa shape index (κ3) is 1.39. The molecule has 1 atom stereocenters. The van der Waals surface area contributed by atoms with Crippen molar-refractivity contribution in [2.45, 2.75) is 25.2 Å². The fourth-order valence-corrected chi connectivity index (χ4v) is 2.28. The Hall–Kier alpha value is -1.82. The number of hydrogen-bond donors (Lipinski definition) is 1. The molecule has 0 radical (unpaired) electrons. The molecular formula is C12H11NO2. The van der Waals surface area contributed by atoms with Crippen molar-refractivity contribution in [3.63, 3.8) is 0 Å². The van der Waals surface area contributed by atoms with Crippen LogP contribution in [0.15, 0.2) is 18.2 Å². The summed E-state index contributed by atoms with van der Waals surface area (Å²) in [5, 5.41) is 17.8. The van der Waals surface area contributed by atoms with E-state index in [-0.39, 0.29) is 6.42 Å². The van der Waals surface area contributed by atoms with Crippen molar-refractivity contribution in [2.75, 3.05) is 0 Å². The highest BCUT2D eigenvalue weighted by molar-refractivity contribution is 5.72. The Morgan fingerprint density at radius 3 is 3.00 bits per heavy atom. The standard InChI is InChI=1S/C12H11NO2/c1-12(7-13)6-9-4-2-3-8(11(9)12)5-10(14)15/h2-4H,5-6H2,1H3,(H,14,15). The van der Waals surface area contributed by atoms with Crippen molar-refractivity contribution in [1.82, 2.24) is 0 Å². The zero-order valence-corrected chi connectivity index (χ0v) is 8.45. The molecule has 1 N–H and O–H groups in total. The van der Waals surface area contributed by atoms with Crippen molar-refractivity contribution in [1.29, 1.82) is 5.26 Å². The number of carbonyl (C=O) groups is 1. The molecule has 0 saturated carbocycles. The Bertz CT molecular complexity index is 473. The Balaban J connectivity index is 2.47. The number of carboxylic acids is 1. The first-order valence-corrected chi connectivity index (χ1v) is 4.81. The minimum Gasteiger partial charge on any atom is -0.481 e. The monoisotopic (exact) mass is 201 g/mol. The molecule has 3 nitrogen and oxygen atoms in total. The summed E-state index contributed by atoms with van der Waals surface area (Å²) < 4.78 is 0. The predicted molar refractivity (Wildman–Crippen MR) is 54.5 cm³/mol. The first-order valence-electron chi connectivity index (χ1n) is 4.81. The van der Waals surface area contributed by atoms with Gasteiger partial charge in [0.2, 0.25) is 0 Å². The average Bonchev–Trinajstić information content (AvgIpc) is 2.14. The van der Waals surface area contributed by atoms with Gasteiger partial charge in [-0.25, -0.2) is 0 Å². The van der Waals surface area contributed by atoms with Crippen LogP contribution in [0.2, 0.25) is 0 Å². The van der Waals surface area contributed by atoms with E-state index >= 15 is 0 Å². The van der Waals surface area contributed by atoms with Gasteiger partial charge < -0.3 is 5.11 Å². The zero-order valence-electron chi connectivity index (χ0n) is 8.45. The number of benzene rings is 1. The lowest BCUT2D eigenvalue weighted by molar-refractivity contribution is -0.136. The first-order chi connectivity index (χ1) is 7.07. The lowest BCUT2D eigenvalue weighted by Crippen LogP contribution is -2.36. The van der Waals surface area contributed by atoms with Crippen LogP contribution >= 0.6 is 0 Å². The van der Waals surface area contributed by atoms with E-state index in [0.717, 1.165) is 23.1 Å². The summed E-state index contributed by atoms with van der Waals surface area (Å²) in [7, 11) is 0. The van der Waals surface area contributed by atoms with Crippen LogP contribution in [0.4, 0.5) is 0 Å². The number of carboxylic acid groups (broad SMARTS) is 1. The lowest BCUT2D eigenvalue weighted by atomic mass is 9.64. The molecule has 0 aromatic heterocycles. The summed E-state index contributed by atoms with van der Waals surface area (Å²) in [6.07, 6.45) is 0.729. The van der Waals surface area contributed by atoms with Crippen molar-refractivity contribution in [3.8, 4) is 6.07 Å². The highest BCUT2D eigenvalue weighted by Gasteiger charge is 2.40. The Kier molecular flexibility index (Phi) is 2.01. The van der Waals surface area contributed by atoms with E-state index in [1.165, 1.54) is 0 Å². The van der Waals surface area contributed by atoms with Gasteiger partial charge in [-0.15, -0.1) is 0 Å². The second kappa shape index (κ2) is 3.09.